The molecule has 4 nitrogen and oxygen atoms in total. The summed E-state index contributed by atoms with van der Waals surface area (Å²) in [6.45, 7) is 2.90. The van der Waals surface area contributed by atoms with Crippen LogP contribution < -0.4 is 4.90 Å². The molecule has 1 saturated heterocycles. The monoisotopic (exact) mass is 400 g/mol. The highest BCUT2D eigenvalue weighted by molar-refractivity contribution is 9.10. The normalized spacial score (nSPS) is 17.7. The van der Waals surface area contributed by atoms with E-state index in [1.807, 2.05) is 61.5 Å². The van der Waals surface area contributed by atoms with Crippen molar-refractivity contribution in [3.05, 3.63) is 64.6 Å². The van der Waals surface area contributed by atoms with Crippen molar-refractivity contribution in [2.24, 2.45) is 0 Å². The molecule has 1 atom stereocenters. The summed E-state index contributed by atoms with van der Waals surface area (Å²) in [4.78, 5) is 28.8. The minimum Gasteiger partial charge on any atom is -0.329 e. The second-order valence-corrected chi connectivity index (χ2v) is 7.13. The highest BCUT2D eigenvalue weighted by Crippen LogP contribution is 2.24. The average Bonchev–Trinajstić information content (AvgIpc) is 2.63. The molecule has 2 aromatic carbocycles. The van der Waals surface area contributed by atoms with Crippen LogP contribution >= 0.6 is 15.9 Å². The Morgan fingerprint density at radius 2 is 1.88 bits per heavy atom. The van der Waals surface area contributed by atoms with Crippen LogP contribution in [0.25, 0.3) is 0 Å². The number of amides is 2. The first-order valence-corrected chi connectivity index (χ1v) is 9.26. The van der Waals surface area contributed by atoms with Gasteiger partial charge in [0.15, 0.2) is 0 Å². The van der Waals surface area contributed by atoms with Crippen molar-refractivity contribution in [3.63, 3.8) is 0 Å². The zero-order valence-corrected chi connectivity index (χ0v) is 15.8. The maximum absolute atomic E-state index is 12.7. The van der Waals surface area contributed by atoms with Crippen LogP contribution in [-0.4, -0.2) is 35.8 Å². The van der Waals surface area contributed by atoms with E-state index in [0.717, 1.165) is 15.7 Å². The van der Waals surface area contributed by atoms with E-state index in [1.165, 1.54) is 0 Å². The summed E-state index contributed by atoms with van der Waals surface area (Å²) < 4.78 is 0.937. The largest absolute Gasteiger partial charge is 0.329 e. The number of carbonyl (C=O) groups is 2. The zero-order chi connectivity index (χ0) is 17.8. The molecular weight excluding hydrogens is 380 g/mol. The van der Waals surface area contributed by atoms with Crippen molar-refractivity contribution < 1.29 is 9.59 Å². The van der Waals surface area contributed by atoms with Gasteiger partial charge in [-0.25, -0.2) is 0 Å². The summed E-state index contributed by atoms with van der Waals surface area (Å²) in [7, 11) is 0. The summed E-state index contributed by atoms with van der Waals surface area (Å²) in [5.74, 6) is 0.0102. The van der Waals surface area contributed by atoms with Gasteiger partial charge in [0, 0.05) is 29.7 Å². The molecule has 2 amide bonds. The average molecular weight is 401 g/mol. The van der Waals surface area contributed by atoms with E-state index in [2.05, 4.69) is 15.9 Å². The van der Waals surface area contributed by atoms with Crippen LogP contribution in [0.5, 0.6) is 0 Å². The summed E-state index contributed by atoms with van der Waals surface area (Å²) in [6, 6.07) is 17.2. The first-order chi connectivity index (χ1) is 12.1. The molecule has 0 aromatic heterocycles. The van der Waals surface area contributed by atoms with Crippen molar-refractivity contribution in [1.29, 1.82) is 0 Å². The van der Waals surface area contributed by atoms with Gasteiger partial charge in [0.05, 0.1) is 0 Å². The van der Waals surface area contributed by atoms with E-state index in [9.17, 15) is 9.59 Å². The lowest BCUT2D eigenvalue weighted by atomic mass is 10.1. The molecule has 3 rings (SSSR count). The fourth-order valence-corrected chi connectivity index (χ4v) is 3.54. The second kappa shape index (κ2) is 7.83. The van der Waals surface area contributed by atoms with Gasteiger partial charge < -0.3 is 9.80 Å². The number of aryl methyl sites for hydroxylation is 1. The Bertz CT molecular complexity index is 763. The van der Waals surface area contributed by atoms with E-state index in [4.69, 9.17) is 0 Å². The molecule has 0 saturated carbocycles. The maximum atomic E-state index is 12.7. The van der Waals surface area contributed by atoms with Gasteiger partial charge in [-0.05, 0) is 37.1 Å². The predicted octanol–water partition coefficient (Wildman–Crippen LogP) is 3.65. The molecule has 1 aliphatic heterocycles. The van der Waals surface area contributed by atoms with Gasteiger partial charge in [-0.2, -0.15) is 0 Å². The van der Waals surface area contributed by atoms with Crippen LogP contribution in [0.4, 0.5) is 5.69 Å². The Labute approximate surface area is 156 Å². The van der Waals surface area contributed by atoms with Gasteiger partial charge in [0.25, 0.3) is 0 Å². The number of hydrogen-bond donors (Lipinski definition) is 0. The number of carbonyl (C=O) groups excluding carboxylic acids is 2. The van der Waals surface area contributed by atoms with Crippen molar-refractivity contribution in [2.75, 3.05) is 18.0 Å². The van der Waals surface area contributed by atoms with Crippen molar-refractivity contribution >= 4 is 33.4 Å². The molecular formula is C20H21BrN2O2. The van der Waals surface area contributed by atoms with E-state index in [0.29, 0.717) is 25.9 Å². The fraction of sp³-hybridized carbons (Fsp3) is 0.300. The third-order valence-electron chi connectivity index (χ3n) is 4.57. The summed E-state index contributed by atoms with van der Waals surface area (Å²) in [6.07, 6.45) is 1.13. The van der Waals surface area contributed by atoms with Crippen molar-refractivity contribution in [2.45, 2.75) is 25.8 Å². The summed E-state index contributed by atoms with van der Waals surface area (Å²) in [5, 5.41) is 0. The molecule has 0 radical (unpaired) electrons. The van der Waals surface area contributed by atoms with E-state index < -0.39 is 6.04 Å². The lowest BCUT2D eigenvalue weighted by Crippen LogP contribution is -2.57. The zero-order valence-electron chi connectivity index (χ0n) is 14.2. The smallest absolute Gasteiger partial charge is 0.249 e. The highest BCUT2D eigenvalue weighted by Gasteiger charge is 2.34. The van der Waals surface area contributed by atoms with Crippen molar-refractivity contribution in [1.82, 2.24) is 4.90 Å². The lowest BCUT2D eigenvalue weighted by molar-refractivity contribution is -0.140. The summed E-state index contributed by atoms with van der Waals surface area (Å²) >= 11 is 3.44. The number of anilines is 1. The minimum absolute atomic E-state index is 0.0302. The number of halogens is 1. The lowest BCUT2D eigenvalue weighted by Gasteiger charge is -2.39. The van der Waals surface area contributed by atoms with E-state index >= 15 is 0 Å². The Kier molecular flexibility index (Phi) is 5.53. The molecule has 25 heavy (non-hydrogen) atoms. The number of hydrogen-bond acceptors (Lipinski definition) is 2. The quantitative estimate of drug-likeness (QED) is 0.785. The Morgan fingerprint density at radius 3 is 2.60 bits per heavy atom. The van der Waals surface area contributed by atoms with Gasteiger partial charge in [-0.15, -0.1) is 0 Å². The number of benzene rings is 2. The molecule has 0 N–H and O–H groups in total. The van der Waals surface area contributed by atoms with Crippen LogP contribution in [-0.2, 0) is 16.0 Å². The van der Waals surface area contributed by atoms with Crippen molar-refractivity contribution in [3.8, 4) is 0 Å². The number of piperazine rings is 1. The third-order valence-corrected chi connectivity index (χ3v) is 5.06. The molecule has 1 aliphatic rings. The van der Waals surface area contributed by atoms with Gasteiger partial charge in [-0.1, -0.05) is 52.3 Å². The minimum atomic E-state index is -0.434. The number of rotatable bonds is 4. The standard InChI is InChI=1S/C20H21BrN2O2/c1-15-20(25)23(18-9-5-8-17(21)14-18)13-12-22(15)19(24)11-10-16-6-3-2-4-7-16/h2-9,14-15H,10-13H2,1H3. The molecule has 5 heteroatoms. The Morgan fingerprint density at radius 1 is 1.12 bits per heavy atom. The second-order valence-electron chi connectivity index (χ2n) is 6.22. The Balaban J connectivity index is 1.64. The van der Waals surface area contributed by atoms with Crippen LogP contribution in [0.3, 0.4) is 0 Å². The molecule has 1 heterocycles. The molecule has 1 unspecified atom stereocenters. The number of nitrogens with zero attached hydrogens (tertiary/aromatic N) is 2. The van der Waals surface area contributed by atoms with Crippen LogP contribution in [0, 0.1) is 0 Å². The molecule has 0 spiro atoms. The first kappa shape index (κ1) is 17.7. The SMILES string of the molecule is CC1C(=O)N(c2cccc(Br)c2)CCN1C(=O)CCc1ccccc1. The molecule has 0 aliphatic carbocycles. The van der Waals surface area contributed by atoms with Crippen LogP contribution in [0.15, 0.2) is 59.1 Å². The topological polar surface area (TPSA) is 40.6 Å². The van der Waals surface area contributed by atoms with Gasteiger partial charge >= 0.3 is 0 Å². The van der Waals surface area contributed by atoms with Gasteiger partial charge in [0.2, 0.25) is 11.8 Å². The predicted molar refractivity (Wildman–Crippen MR) is 102 cm³/mol. The van der Waals surface area contributed by atoms with Gasteiger partial charge in [0.1, 0.15) is 6.04 Å². The third kappa shape index (κ3) is 4.10. The van der Waals surface area contributed by atoms with E-state index in [1.54, 1.807) is 9.80 Å². The molecule has 0 bridgehead atoms. The summed E-state index contributed by atoms with van der Waals surface area (Å²) in [5.41, 5.74) is 2.00. The fourth-order valence-electron chi connectivity index (χ4n) is 3.15. The van der Waals surface area contributed by atoms with Gasteiger partial charge in [-0.3, -0.25) is 9.59 Å². The highest BCUT2D eigenvalue weighted by atomic mass is 79.9. The Hall–Kier alpha value is -2.14. The maximum Gasteiger partial charge on any atom is 0.249 e. The van der Waals surface area contributed by atoms with E-state index in [-0.39, 0.29) is 11.8 Å². The first-order valence-electron chi connectivity index (χ1n) is 8.46. The van der Waals surface area contributed by atoms with Crippen LogP contribution in [0.1, 0.15) is 18.9 Å². The molecule has 130 valence electrons. The molecule has 1 fully saturated rings. The molecule has 2 aromatic rings. The van der Waals surface area contributed by atoms with Crippen LogP contribution in [0.2, 0.25) is 0 Å².